The zero-order valence-corrected chi connectivity index (χ0v) is 19.3. The maximum Gasteiger partial charge on any atom is 0.191 e. The van der Waals surface area contributed by atoms with Gasteiger partial charge in [0, 0.05) is 13.6 Å². The van der Waals surface area contributed by atoms with Gasteiger partial charge < -0.3 is 25.0 Å². The molecular formula is C21H35IN4O2. The number of para-hydroxylation sites is 2. The third kappa shape index (κ3) is 7.66. The standard InChI is InChI=1S/C21H34N4O2.HI/c1-22-21(23-12-6-2-7-13-25-14-8-3-9-15-25)24-16-18-17-26-19-10-4-5-11-20(19)27-18;/h4-5,10-11,18H,2-3,6-9,12-17H2,1H3,(H2,22,23,24);1H. The van der Waals surface area contributed by atoms with Crippen molar-refractivity contribution >= 4 is 29.9 Å². The lowest BCUT2D eigenvalue weighted by Gasteiger charge is -2.27. The van der Waals surface area contributed by atoms with Crippen molar-refractivity contribution < 1.29 is 9.47 Å². The van der Waals surface area contributed by atoms with E-state index in [2.05, 4.69) is 20.5 Å². The van der Waals surface area contributed by atoms with Gasteiger partial charge in [0.25, 0.3) is 0 Å². The first-order valence-electron chi connectivity index (χ1n) is 10.4. The molecule has 1 fully saturated rings. The van der Waals surface area contributed by atoms with Gasteiger partial charge in [-0.3, -0.25) is 4.99 Å². The van der Waals surface area contributed by atoms with Crippen LogP contribution in [-0.2, 0) is 0 Å². The van der Waals surface area contributed by atoms with Gasteiger partial charge in [-0.05, 0) is 57.5 Å². The molecule has 0 bridgehead atoms. The summed E-state index contributed by atoms with van der Waals surface area (Å²) in [5.41, 5.74) is 0. The Bertz CT molecular complexity index is 594. The lowest BCUT2D eigenvalue weighted by molar-refractivity contribution is 0.0936. The third-order valence-corrected chi connectivity index (χ3v) is 5.18. The Morgan fingerprint density at radius 2 is 1.86 bits per heavy atom. The fraction of sp³-hybridized carbons (Fsp3) is 0.667. The summed E-state index contributed by atoms with van der Waals surface area (Å²) in [6, 6.07) is 7.80. The third-order valence-electron chi connectivity index (χ3n) is 5.18. The number of hydrogen-bond donors (Lipinski definition) is 2. The molecular weight excluding hydrogens is 467 g/mol. The summed E-state index contributed by atoms with van der Waals surface area (Å²) in [7, 11) is 1.80. The number of halogens is 1. The molecule has 0 aliphatic carbocycles. The zero-order valence-electron chi connectivity index (χ0n) is 17.0. The molecule has 0 spiro atoms. The van der Waals surface area contributed by atoms with Crippen molar-refractivity contribution in [1.82, 2.24) is 15.5 Å². The smallest absolute Gasteiger partial charge is 0.191 e. The summed E-state index contributed by atoms with van der Waals surface area (Å²) >= 11 is 0. The second-order valence-electron chi connectivity index (χ2n) is 7.34. The van der Waals surface area contributed by atoms with Crippen LogP contribution in [0.3, 0.4) is 0 Å². The number of piperidine rings is 1. The minimum Gasteiger partial charge on any atom is -0.486 e. The van der Waals surface area contributed by atoms with E-state index in [1.807, 2.05) is 24.3 Å². The highest BCUT2D eigenvalue weighted by Crippen LogP contribution is 2.30. The molecule has 0 aromatic heterocycles. The predicted octanol–water partition coefficient (Wildman–Crippen LogP) is 3.27. The Hall–Kier alpha value is -1.22. The van der Waals surface area contributed by atoms with E-state index in [1.165, 1.54) is 58.2 Å². The Morgan fingerprint density at radius 3 is 2.64 bits per heavy atom. The molecule has 6 nitrogen and oxygen atoms in total. The molecule has 0 saturated carbocycles. The number of fused-ring (bicyclic) bond motifs is 1. The van der Waals surface area contributed by atoms with E-state index in [1.54, 1.807) is 7.05 Å². The lowest BCUT2D eigenvalue weighted by atomic mass is 10.1. The monoisotopic (exact) mass is 502 g/mol. The first-order valence-corrected chi connectivity index (χ1v) is 10.4. The van der Waals surface area contributed by atoms with E-state index in [0.717, 1.165) is 24.0 Å². The van der Waals surface area contributed by atoms with Gasteiger partial charge in [-0.1, -0.05) is 25.0 Å². The molecule has 28 heavy (non-hydrogen) atoms. The van der Waals surface area contributed by atoms with Gasteiger partial charge in [0.05, 0.1) is 6.54 Å². The summed E-state index contributed by atoms with van der Waals surface area (Å²) < 4.78 is 11.7. The molecule has 1 unspecified atom stereocenters. The van der Waals surface area contributed by atoms with E-state index in [4.69, 9.17) is 9.47 Å². The molecule has 2 aliphatic heterocycles. The van der Waals surface area contributed by atoms with Crippen LogP contribution in [0.2, 0.25) is 0 Å². The molecule has 1 aromatic rings. The molecule has 2 heterocycles. The van der Waals surface area contributed by atoms with Crippen molar-refractivity contribution in [3.63, 3.8) is 0 Å². The molecule has 1 atom stereocenters. The summed E-state index contributed by atoms with van der Waals surface area (Å²) in [6.07, 6.45) is 7.89. The van der Waals surface area contributed by atoms with Gasteiger partial charge in [-0.25, -0.2) is 0 Å². The molecule has 1 saturated heterocycles. The molecule has 0 radical (unpaired) electrons. The Kier molecular flexibility index (Phi) is 10.8. The van der Waals surface area contributed by atoms with Gasteiger partial charge in [-0.15, -0.1) is 24.0 Å². The fourth-order valence-electron chi connectivity index (χ4n) is 3.62. The van der Waals surface area contributed by atoms with Crippen LogP contribution in [-0.4, -0.2) is 63.3 Å². The van der Waals surface area contributed by atoms with Crippen LogP contribution in [0.15, 0.2) is 29.3 Å². The summed E-state index contributed by atoms with van der Waals surface area (Å²) in [5, 5.41) is 6.73. The number of benzene rings is 1. The first kappa shape index (κ1) is 23.1. The Balaban J connectivity index is 0.00000280. The van der Waals surface area contributed by atoms with Crippen molar-refractivity contribution in [3.05, 3.63) is 24.3 Å². The molecule has 1 aromatic carbocycles. The van der Waals surface area contributed by atoms with Crippen LogP contribution in [0, 0.1) is 0 Å². The van der Waals surface area contributed by atoms with Crippen LogP contribution in [0.1, 0.15) is 38.5 Å². The normalized spacial score (nSPS) is 19.6. The number of rotatable bonds is 8. The number of nitrogens with one attached hydrogen (secondary N) is 2. The maximum atomic E-state index is 5.97. The number of nitrogens with zero attached hydrogens (tertiary/aromatic N) is 2. The molecule has 158 valence electrons. The zero-order chi connectivity index (χ0) is 18.7. The van der Waals surface area contributed by atoms with Crippen molar-refractivity contribution in [3.8, 4) is 11.5 Å². The van der Waals surface area contributed by atoms with Gasteiger partial charge >= 0.3 is 0 Å². The van der Waals surface area contributed by atoms with E-state index in [-0.39, 0.29) is 30.1 Å². The second-order valence-corrected chi connectivity index (χ2v) is 7.34. The number of hydrogen-bond acceptors (Lipinski definition) is 4. The summed E-state index contributed by atoms with van der Waals surface area (Å²) in [5.74, 6) is 2.46. The van der Waals surface area contributed by atoms with Gasteiger partial charge in [0.2, 0.25) is 0 Å². The van der Waals surface area contributed by atoms with Gasteiger partial charge in [0.15, 0.2) is 17.5 Å². The van der Waals surface area contributed by atoms with Gasteiger partial charge in [0.1, 0.15) is 12.7 Å². The highest BCUT2D eigenvalue weighted by Gasteiger charge is 2.20. The predicted molar refractivity (Wildman–Crippen MR) is 125 cm³/mol. The van der Waals surface area contributed by atoms with E-state index < -0.39 is 0 Å². The number of ether oxygens (including phenoxy) is 2. The lowest BCUT2D eigenvalue weighted by Crippen LogP contribution is -2.45. The second kappa shape index (κ2) is 13.1. The molecule has 3 rings (SSSR count). The van der Waals surface area contributed by atoms with Crippen LogP contribution >= 0.6 is 24.0 Å². The topological polar surface area (TPSA) is 58.1 Å². The Morgan fingerprint density at radius 1 is 1.07 bits per heavy atom. The molecule has 0 amide bonds. The molecule has 2 N–H and O–H groups in total. The average molecular weight is 502 g/mol. The van der Waals surface area contributed by atoms with Crippen LogP contribution < -0.4 is 20.1 Å². The van der Waals surface area contributed by atoms with Crippen molar-refractivity contribution in [2.24, 2.45) is 4.99 Å². The first-order chi connectivity index (χ1) is 13.3. The van der Waals surface area contributed by atoms with Gasteiger partial charge in [-0.2, -0.15) is 0 Å². The maximum absolute atomic E-state index is 5.97. The molecule has 2 aliphatic rings. The minimum absolute atomic E-state index is 0. The highest BCUT2D eigenvalue weighted by atomic mass is 127. The van der Waals surface area contributed by atoms with Crippen molar-refractivity contribution in [2.45, 2.75) is 44.6 Å². The average Bonchev–Trinajstić information content (AvgIpc) is 2.73. The minimum atomic E-state index is -0.0111. The van der Waals surface area contributed by atoms with Crippen molar-refractivity contribution in [1.29, 1.82) is 0 Å². The highest BCUT2D eigenvalue weighted by molar-refractivity contribution is 14.0. The largest absolute Gasteiger partial charge is 0.486 e. The quantitative estimate of drug-likeness (QED) is 0.248. The van der Waals surface area contributed by atoms with Crippen LogP contribution in [0.4, 0.5) is 0 Å². The van der Waals surface area contributed by atoms with Crippen molar-refractivity contribution in [2.75, 3.05) is 46.4 Å². The SMILES string of the molecule is CN=C(NCCCCCN1CCCCC1)NCC1COc2ccccc2O1.I. The number of aliphatic imine (C=N–C) groups is 1. The summed E-state index contributed by atoms with van der Waals surface area (Å²) in [6.45, 7) is 6.02. The van der Waals surface area contributed by atoms with E-state index in [9.17, 15) is 0 Å². The van der Waals surface area contributed by atoms with E-state index >= 15 is 0 Å². The van der Waals surface area contributed by atoms with Crippen LogP contribution in [0.25, 0.3) is 0 Å². The van der Waals surface area contributed by atoms with E-state index in [0.29, 0.717) is 13.2 Å². The van der Waals surface area contributed by atoms with Crippen LogP contribution in [0.5, 0.6) is 11.5 Å². The number of likely N-dealkylation sites (tertiary alicyclic amines) is 1. The summed E-state index contributed by atoms with van der Waals surface area (Å²) in [4.78, 5) is 6.91. The fourth-order valence-corrected chi connectivity index (χ4v) is 3.62. The number of unbranched alkanes of at least 4 members (excludes halogenated alkanes) is 2. The Labute approximate surface area is 186 Å². The number of guanidine groups is 1. The molecule has 7 heteroatoms.